The molecule has 0 unspecified atom stereocenters. The van der Waals surface area contributed by atoms with Crippen molar-refractivity contribution in [2.45, 2.75) is 38.7 Å². The number of ketones is 1. The van der Waals surface area contributed by atoms with Gasteiger partial charge in [-0.2, -0.15) is 0 Å². The van der Waals surface area contributed by atoms with Gasteiger partial charge in [0.15, 0.2) is 0 Å². The number of hydrogen-bond acceptors (Lipinski definition) is 3. The minimum Gasteiger partial charge on any atom is -0.481 e. The summed E-state index contributed by atoms with van der Waals surface area (Å²) in [7, 11) is 0. The molecule has 0 saturated heterocycles. The summed E-state index contributed by atoms with van der Waals surface area (Å²) in [5.74, 6) is -0.933. The lowest BCUT2D eigenvalue weighted by atomic mass is 10.1. The first-order chi connectivity index (χ1) is 10.1. The van der Waals surface area contributed by atoms with Gasteiger partial charge in [-0.15, -0.1) is 0 Å². The zero-order valence-corrected chi connectivity index (χ0v) is 12.2. The van der Waals surface area contributed by atoms with Gasteiger partial charge in [-0.1, -0.05) is 42.5 Å². The van der Waals surface area contributed by atoms with Crippen LogP contribution in [0.15, 0.2) is 42.5 Å². The number of carboxylic acids is 1. The summed E-state index contributed by atoms with van der Waals surface area (Å²) in [6.45, 7) is 4.96. The first kappa shape index (κ1) is 17.1. The Hall–Kier alpha value is -1.94. The Kier molecular flexibility index (Phi) is 8.05. The van der Waals surface area contributed by atoms with Crippen LogP contribution >= 0.6 is 0 Å². The molecular weight excluding hydrogens is 268 g/mol. The Morgan fingerprint density at radius 1 is 1.05 bits per heavy atom. The van der Waals surface area contributed by atoms with E-state index in [0.717, 1.165) is 17.6 Å². The van der Waals surface area contributed by atoms with E-state index in [0.29, 0.717) is 26.1 Å². The topological polar surface area (TPSA) is 63.6 Å². The summed E-state index contributed by atoms with van der Waals surface area (Å²) in [4.78, 5) is 21.7. The zero-order valence-electron chi connectivity index (χ0n) is 12.2. The highest BCUT2D eigenvalue weighted by Gasteiger charge is 2.06. The molecular formula is C17H22O4. The molecule has 0 aromatic heterocycles. The molecule has 0 radical (unpaired) electrons. The molecule has 21 heavy (non-hydrogen) atoms. The highest BCUT2D eigenvalue weighted by molar-refractivity contribution is 5.82. The molecule has 114 valence electrons. The number of ether oxygens (including phenoxy) is 1. The van der Waals surface area contributed by atoms with E-state index in [2.05, 4.69) is 6.58 Å². The van der Waals surface area contributed by atoms with Crippen LogP contribution in [0.2, 0.25) is 0 Å². The van der Waals surface area contributed by atoms with E-state index in [1.807, 2.05) is 30.3 Å². The van der Waals surface area contributed by atoms with Crippen molar-refractivity contribution in [2.75, 3.05) is 6.61 Å². The van der Waals surface area contributed by atoms with E-state index in [4.69, 9.17) is 9.84 Å². The van der Waals surface area contributed by atoms with Gasteiger partial charge in [-0.05, 0) is 18.4 Å². The zero-order chi connectivity index (χ0) is 15.5. The molecule has 0 bridgehead atoms. The molecule has 1 rings (SSSR count). The molecule has 0 spiro atoms. The van der Waals surface area contributed by atoms with Gasteiger partial charge < -0.3 is 9.84 Å². The summed E-state index contributed by atoms with van der Waals surface area (Å²) < 4.78 is 5.56. The van der Waals surface area contributed by atoms with Gasteiger partial charge in [-0.3, -0.25) is 9.59 Å². The Bertz CT molecular complexity index is 465. The van der Waals surface area contributed by atoms with Crippen LogP contribution in [0, 0.1) is 0 Å². The van der Waals surface area contributed by atoms with Gasteiger partial charge >= 0.3 is 5.97 Å². The number of hydrogen-bond donors (Lipinski definition) is 1. The van der Waals surface area contributed by atoms with Crippen LogP contribution in [0.1, 0.15) is 37.7 Å². The second-order valence-electron chi connectivity index (χ2n) is 5.01. The SMILES string of the molecule is C=C(CCCC(=O)CCC(=O)O)COCc1ccccc1. The fourth-order valence-corrected chi connectivity index (χ4v) is 1.87. The minimum absolute atomic E-state index is 0.00426. The van der Waals surface area contributed by atoms with Crippen LogP contribution in [0.25, 0.3) is 0 Å². The third-order valence-electron chi connectivity index (χ3n) is 3.02. The third kappa shape index (κ3) is 8.76. The smallest absolute Gasteiger partial charge is 0.303 e. The second-order valence-corrected chi connectivity index (χ2v) is 5.01. The van der Waals surface area contributed by atoms with Crippen molar-refractivity contribution in [1.82, 2.24) is 0 Å². The van der Waals surface area contributed by atoms with E-state index in [1.54, 1.807) is 0 Å². The number of benzene rings is 1. The van der Waals surface area contributed by atoms with Crippen LogP contribution in [-0.4, -0.2) is 23.5 Å². The summed E-state index contributed by atoms with van der Waals surface area (Å²) in [5, 5.41) is 8.48. The lowest BCUT2D eigenvalue weighted by molar-refractivity contribution is -0.138. The molecule has 0 heterocycles. The first-order valence-corrected chi connectivity index (χ1v) is 7.09. The van der Waals surface area contributed by atoms with E-state index < -0.39 is 5.97 Å². The molecule has 0 fully saturated rings. The molecule has 4 heteroatoms. The predicted octanol–water partition coefficient (Wildman–Crippen LogP) is 3.36. The van der Waals surface area contributed by atoms with Crippen molar-refractivity contribution >= 4 is 11.8 Å². The van der Waals surface area contributed by atoms with Crippen molar-refractivity contribution in [3.05, 3.63) is 48.0 Å². The summed E-state index contributed by atoms with van der Waals surface area (Å²) in [5.41, 5.74) is 2.08. The van der Waals surface area contributed by atoms with E-state index in [-0.39, 0.29) is 18.6 Å². The molecule has 1 aromatic rings. The number of carbonyl (C=O) groups excluding carboxylic acids is 1. The van der Waals surface area contributed by atoms with Crippen LogP contribution in [0.4, 0.5) is 0 Å². The largest absolute Gasteiger partial charge is 0.481 e. The van der Waals surface area contributed by atoms with Gasteiger partial charge in [0.2, 0.25) is 0 Å². The van der Waals surface area contributed by atoms with Crippen LogP contribution in [0.3, 0.4) is 0 Å². The molecule has 1 aromatic carbocycles. The summed E-state index contributed by atoms with van der Waals surface area (Å²) in [6, 6.07) is 9.91. The van der Waals surface area contributed by atoms with Crippen molar-refractivity contribution in [3.63, 3.8) is 0 Å². The Morgan fingerprint density at radius 2 is 1.76 bits per heavy atom. The number of rotatable bonds is 11. The number of carbonyl (C=O) groups is 2. The van der Waals surface area contributed by atoms with E-state index in [9.17, 15) is 9.59 Å². The van der Waals surface area contributed by atoms with Gasteiger partial charge in [0.1, 0.15) is 5.78 Å². The average molecular weight is 290 g/mol. The summed E-state index contributed by atoms with van der Waals surface area (Å²) >= 11 is 0. The maximum atomic E-state index is 11.4. The standard InChI is InChI=1S/C17H22O4/c1-14(6-5-9-16(18)10-11-17(19)20)12-21-13-15-7-3-2-4-8-15/h2-4,7-8H,1,5-6,9-13H2,(H,19,20). The number of carboxylic acid groups (broad SMARTS) is 1. The van der Waals surface area contributed by atoms with E-state index >= 15 is 0 Å². The van der Waals surface area contributed by atoms with Crippen molar-refractivity contribution in [3.8, 4) is 0 Å². The van der Waals surface area contributed by atoms with Crippen LogP contribution in [0.5, 0.6) is 0 Å². The second kappa shape index (κ2) is 9.88. The van der Waals surface area contributed by atoms with Crippen molar-refractivity contribution < 1.29 is 19.4 Å². The molecule has 0 saturated carbocycles. The molecule has 0 aliphatic carbocycles. The fourth-order valence-electron chi connectivity index (χ4n) is 1.87. The average Bonchev–Trinajstić information content (AvgIpc) is 2.46. The minimum atomic E-state index is -0.929. The van der Waals surface area contributed by atoms with Crippen LogP contribution < -0.4 is 0 Å². The molecule has 0 aliphatic rings. The normalized spacial score (nSPS) is 10.3. The number of aliphatic carboxylic acids is 1. The highest BCUT2D eigenvalue weighted by atomic mass is 16.5. The van der Waals surface area contributed by atoms with Crippen molar-refractivity contribution in [2.24, 2.45) is 0 Å². The van der Waals surface area contributed by atoms with Crippen molar-refractivity contribution in [1.29, 1.82) is 0 Å². The summed E-state index contributed by atoms with van der Waals surface area (Å²) in [6.07, 6.45) is 1.87. The quantitative estimate of drug-likeness (QED) is 0.635. The highest BCUT2D eigenvalue weighted by Crippen LogP contribution is 2.09. The molecule has 0 aliphatic heterocycles. The molecule has 0 atom stereocenters. The number of Topliss-reactive ketones (excluding diaryl/α,β-unsaturated/α-hetero) is 1. The Morgan fingerprint density at radius 3 is 2.43 bits per heavy atom. The fraction of sp³-hybridized carbons (Fsp3) is 0.412. The monoisotopic (exact) mass is 290 g/mol. The maximum absolute atomic E-state index is 11.4. The Balaban J connectivity index is 2.06. The van der Waals surface area contributed by atoms with E-state index in [1.165, 1.54) is 0 Å². The van der Waals surface area contributed by atoms with Crippen LogP contribution in [-0.2, 0) is 20.9 Å². The first-order valence-electron chi connectivity index (χ1n) is 7.09. The molecule has 4 nitrogen and oxygen atoms in total. The Labute approximate surface area is 125 Å². The van der Waals surface area contributed by atoms with Gasteiger partial charge in [0, 0.05) is 12.8 Å². The van der Waals surface area contributed by atoms with Gasteiger partial charge in [-0.25, -0.2) is 0 Å². The van der Waals surface area contributed by atoms with Gasteiger partial charge in [0.25, 0.3) is 0 Å². The predicted molar refractivity (Wildman–Crippen MR) is 81.0 cm³/mol. The molecule has 0 amide bonds. The lowest BCUT2D eigenvalue weighted by Crippen LogP contribution is -2.04. The van der Waals surface area contributed by atoms with Gasteiger partial charge in [0.05, 0.1) is 19.6 Å². The maximum Gasteiger partial charge on any atom is 0.303 e. The molecule has 1 N–H and O–H groups in total. The lowest BCUT2D eigenvalue weighted by Gasteiger charge is -2.07. The third-order valence-corrected chi connectivity index (χ3v) is 3.02.